The Labute approximate surface area is 169 Å². The van der Waals surface area contributed by atoms with Crippen molar-refractivity contribution in [1.29, 1.82) is 0 Å². The van der Waals surface area contributed by atoms with Crippen molar-refractivity contribution in [3.63, 3.8) is 0 Å². The van der Waals surface area contributed by atoms with Crippen molar-refractivity contribution in [2.24, 2.45) is 5.92 Å². The smallest absolute Gasteiger partial charge is 0.227 e. The molecule has 3 rings (SSSR count). The van der Waals surface area contributed by atoms with Gasteiger partial charge >= 0.3 is 0 Å². The third-order valence-electron chi connectivity index (χ3n) is 6.40. The van der Waals surface area contributed by atoms with Gasteiger partial charge in [0.15, 0.2) is 0 Å². The molecule has 0 radical (unpaired) electrons. The van der Waals surface area contributed by atoms with Gasteiger partial charge in [0.1, 0.15) is 0 Å². The molecule has 1 fully saturated rings. The van der Waals surface area contributed by atoms with E-state index in [9.17, 15) is 4.79 Å². The maximum absolute atomic E-state index is 13.4. The highest BCUT2D eigenvalue weighted by Gasteiger charge is 2.38. The first-order valence-corrected chi connectivity index (χ1v) is 10.3. The van der Waals surface area contributed by atoms with Crippen molar-refractivity contribution in [3.05, 3.63) is 71.8 Å². The topological polar surface area (TPSA) is 44.4 Å². The van der Waals surface area contributed by atoms with E-state index in [0.717, 1.165) is 25.9 Å². The summed E-state index contributed by atoms with van der Waals surface area (Å²) in [7, 11) is 3.96. The highest BCUT2D eigenvalue weighted by molar-refractivity contribution is 5.80. The first kappa shape index (κ1) is 20.6. The number of amides is 1. The lowest BCUT2D eigenvalue weighted by Gasteiger charge is -2.43. The van der Waals surface area contributed by atoms with Gasteiger partial charge in [-0.25, -0.2) is 0 Å². The first-order chi connectivity index (χ1) is 13.6. The molecule has 1 aliphatic rings. The Morgan fingerprint density at radius 2 is 1.57 bits per heavy atom. The van der Waals surface area contributed by atoms with E-state index in [1.807, 2.05) is 20.2 Å². The van der Waals surface area contributed by atoms with Gasteiger partial charge in [-0.1, -0.05) is 67.6 Å². The summed E-state index contributed by atoms with van der Waals surface area (Å²) >= 11 is 0. The molecule has 2 atom stereocenters. The molecule has 1 amide bonds. The molecule has 150 valence electrons. The number of hydrogen-bond donors (Lipinski definition) is 2. The van der Waals surface area contributed by atoms with Crippen LogP contribution in [0.4, 0.5) is 0 Å². The Morgan fingerprint density at radius 3 is 2.11 bits per heavy atom. The Hall–Kier alpha value is -2.17. The van der Waals surface area contributed by atoms with E-state index in [2.05, 4.69) is 77.1 Å². The average molecular weight is 380 g/mol. The monoisotopic (exact) mass is 379 g/mol. The van der Waals surface area contributed by atoms with Gasteiger partial charge < -0.3 is 15.5 Å². The summed E-state index contributed by atoms with van der Waals surface area (Å²) in [5.74, 6) is 0.404. The second kappa shape index (κ2) is 9.35. The van der Waals surface area contributed by atoms with Crippen molar-refractivity contribution < 1.29 is 4.79 Å². The number of likely N-dealkylation sites (tertiary alicyclic amines) is 1. The summed E-state index contributed by atoms with van der Waals surface area (Å²) in [5, 5.41) is 6.78. The third kappa shape index (κ3) is 4.29. The normalized spacial score (nSPS) is 18.5. The lowest BCUT2D eigenvalue weighted by molar-refractivity contribution is -0.137. The fourth-order valence-electron chi connectivity index (χ4n) is 4.47. The number of piperidine rings is 1. The van der Waals surface area contributed by atoms with Crippen molar-refractivity contribution in [1.82, 2.24) is 15.5 Å². The number of carbonyl (C=O) groups excluding carboxylic acids is 1. The van der Waals surface area contributed by atoms with E-state index in [1.165, 1.54) is 11.1 Å². The third-order valence-corrected chi connectivity index (χ3v) is 6.40. The van der Waals surface area contributed by atoms with Crippen LogP contribution in [-0.4, -0.2) is 44.5 Å². The van der Waals surface area contributed by atoms with Crippen LogP contribution < -0.4 is 10.6 Å². The van der Waals surface area contributed by atoms with E-state index in [-0.39, 0.29) is 23.3 Å². The molecule has 4 heteroatoms. The number of nitrogens with one attached hydrogen (secondary N) is 2. The lowest BCUT2D eigenvalue weighted by Crippen LogP contribution is -2.53. The standard InChI is InChI=1S/C24H33N3O/c1-19(20-10-6-4-7-11-20)22(18-25-2)23(28)27-16-14-24(26-3,15-17-27)21-12-8-5-9-13-21/h4-13,19,22,25-26H,14-18H2,1-3H3/t19?,22-/m1/s1. The molecule has 1 heterocycles. The Kier molecular flexibility index (Phi) is 6.87. The minimum Gasteiger partial charge on any atom is -0.342 e. The molecule has 0 aliphatic carbocycles. The zero-order chi connectivity index (χ0) is 20.0. The van der Waals surface area contributed by atoms with Gasteiger partial charge in [-0.2, -0.15) is 0 Å². The zero-order valence-corrected chi connectivity index (χ0v) is 17.3. The molecule has 2 N–H and O–H groups in total. The Balaban J connectivity index is 1.72. The predicted octanol–water partition coefficient (Wildman–Crippen LogP) is 3.36. The maximum atomic E-state index is 13.4. The fraction of sp³-hybridized carbons (Fsp3) is 0.458. The van der Waals surface area contributed by atoms with E-state index in [1.54, 1.807) is 0 Å². The molecular formula is C24H33N3O. The van der Waals surface area contributed by atoms with Gasteiger partial charge in [-0.3, -0.25) is 4.79 Å². The molecule has 2 aromatic rings. The number of benzene rings is 2. The van der Waals surface area contributed by atoms with Gasteiger partial charge in [-0.15, -0.1) is 0 Å². The van der Waals surface area contributed by atoms with Gasteiger partial charge in [0.2, 0.25) is 5.91 Å². The maximum Gasteiger partial charge on any atom is 0.227 e. The zero-order valence-electron chi connectivity index (χ0n) is 17.3. The predicted molar refractivity (Wildman–Crippen MR) is 115 cm³/mol. The summed E-state index contributed by atoms with van der Waals surface area (Å²) in [4.78, 5) is 15.5. The first-order valence-electron chi connectivity index (χ1n) is 10.3. The highest BCUT2D eigenvalue weighted by atomic mass is 16.2. The molecule has 0 spiro atoms. The number of carbonyl (C=O) groups is 1. The van der Waals surface area contributed by atoms with Crippen LogP contribution in [0.25, 0.3) is 0 Å². The summed E-state index contributed by atoms with van der Waals surface area (Å²) in [6.45, 7) is 4.44. The van der Waals surface area contributed by atoms with Crippen LogP contribution in [0.5, 0.6) is 0 Å². The van der Waals surface area contributed by atoms with Gasteiger partial charge in [0.05, 0.1) is 5.92 Å². The summed E-state index contributed by atoms with van der Waals surface area (Å²) < 4.78 is 0. The van der Waals surface area contributed by atoms with Crippen molar-refractivity contribution in [2.75, 3.05) is 33.7 Å². The number of nitrogens with zero attached hydrogens (tertiary/aromatic N) is 1. The molecule has 1 aliphatic heterocycles. The second-order valence-corrected chi connectivity index (χ2v) is 7.89. The lowest BCUT2D eigenvalue weighted by atomic mass is 9.80. The van der Waals surface area contributed by atoms with Crippen molar-refractivity contribution in [3.8, 4) is 0 Å². The summed E-state index contributed by atoms with van der Waals surface area (Å²) in [6, 6.07) is 21.0. The van der Waals surface area contributed by atoms with Gasteiger partial charge in [0, 0.05) is 25.2 Å². The summed E-state index contributed by atoms with van der Waals surface area (Å²) in [5.41, 5.74) is 2.50. The van der Waals surface area contributed by atoms with Crippen molar-refractivity contribution >= 4 is 5.91 Å². The Bertz CT molecular complexity index is 739. The minimum atomic E-state index is -0.0498. The van der Waals surface area contributed by atoms with Crippen LogP contribution in [0.3, 0.4) is 0 Å². The molecular weight excluding hydrogens is 346 g/mol. The Morgan fingerprint density at radius 1 is 1.00 bits per heavy atom. The van der Waals surface area contributed by atoms with Crippen LogP contribution in [0.2, 0.25) is 0 Å². The average Bonchev–Trinajstić information content (AvgIpc) is 2.78. The number of hydrogen-bond acceptors (Lipinski definition) is 3. The highest BCUT2D eigenvalue weighted by Crippen LogP contribution is 2.34. The fourth-order valence-corrected chi connectivity index (χ4v) is 4.47. The SMILES string of the molecule is CNC[C@@H](C(=O)N1CCC(NC)(c2ccccc2)CC1)C(C)c1ccccc1. The van der Waals surface area contributed by atoms with E-state index in [0.29, 0.717) is 6.54 Å². The largest absolute Gasteiger partial charge is 0.342 e. The van der Waals surface area contributed by atoms with Gasteiger partial charge in [-0.05, 0) is 44.0 Å². The van der Waals surface area contributed by atoms with E-state index >= 15 is 0 Å². The van der Waals surface area contributed by atoms with E-state index in [4.69, 9.17) is 0 Å². The molecule has 2 aromatic carbocycles. The number of rotatable bonds is 7. The van der Waals surface area contributed by atoms with E-state index < -0.39 is 0 Å². The van der Waals surface area contributed by atoms with Crippen LogP contribution in [-0.2, 0) is 10.3 Å². The minimum absolute atomic E-state index is 0.0401. The van der Waals surface area contributed by atoms with Crippen molar-refractivity contribution in [2.45, 2.75) is 31.2 Å². The van der Waals surface area contributed by atoms with Crippen LogP contribution in [0.1, 0.15) is 36.8 Å². The molecule has 0 aromatic heterocycles. The van der Waals surface area contributed by atoms with Crippen LogP contribution >= 0.6 is 0 Å². The van der Waals surface area contributed by atoms with Gasteiger partial charge in [0.25, 0.3) is 0 Å². The van der Waals surface area contributed by atoms with Crippen LogP contribution in [0.15, 0.2) is 60.7 Å². The molecule has 0 bridgehead atoms. The molecule has 28 heavy (non-hydrogen) atoms. The molecule has 1 saturated heterocycles. The molecule has 1 unspecified atom stereocenters. The molecule has 4 nitrogen and oxygen atoms in total. The van der Waals surface area contributed by atoms with Crippen LogP contribution in [0, 0.1) is 5.92 Å². The quantitative estimate of drug-likeness (QED) is 0.775. The molecule has 0 saturated carbocycles. The summed E-state index contributed by atoms with van der Waals surface area (Å²) in [6.07, 6.45) is 1.87. The second-order valence-electron chi connectivity index (χ2n) is 7.89.